The Hall–Kier alpha value is -0.990. The number of benzene rings is 1. The molecule has 138 valence electrons. The third-order valence-corrected chi connectivity index (χ3v) is 4.24. The van der Waals surface area contributed by atoms with Crippen LogP contribution in [-0.2, 0) is 6.54 Å². The summed E-state index contributed by atoms with van der Waals surface area (Å²) >= 11 is 12.2. The van der Waals surface area contributed by atoms with Crippen molar-refractivity contribution in [2.75, 3.05) is 13.6 Å². The van der Waals surface area contributed by atoms with Crippen molar-refractivity contribution in [2.24, 2.45) is 10.9 Å². The number of guanidine groups is 1. The summed E-state index contributed by atoms with van der Waals surface area (Å²) in [7, 11) is 1.75. The van der Waals surface area contributed by atoms with E-state index in [1.807, 2.05) is 36.0 Å². The molecule has 0 bridgehead atoms. The van der Waals surface area contributed by atoms with Gasteiger partial charge in [-0.15, -0.1) is 24.0 Å². The molecule has 0 saturated carbocycles. The molecule has 2 unspecified atom stereocenters. The van der Waals surface area contributed by atoms with Gasteiger partial charge in [0.2, 0.25) is 0 Å². The zero-order valence-corrected chi connectivity index (χ0v) is 18.4. The summed E-state index contributed by atoms with van der Waals surface area (Å²) in [4.78, 5) is 4.27. The first-order chi connectivity index (χ1) is 11.5. The lowest BCUT2D eigenvalue weighted by molar-refractivity contribution is 0.442. The van der Waals surface area contributed by atoms with Gasteiger partial charge in [0.05, 0.1) is 6.04 Å². The van der Waals surface area contributed by atoms with Crippen molar-refractivity contribution in [1.29, 1.82) is 0 Å². The van der Waals surface area contributed by atoms with Crippen molar-refractivity contribution in [2.45, 2.75) is 26.4 Å². The number of nitrogens with zero attached hydrogens (tertiary/aromatic N) is 3. The van der Waals surface area contributed by atoms with Crippen LogP contribution in [0.1, 0.15) is 25.5 Å². The number of halogens is 3. The predicted octanol–water partition coefficient (Wildman–Crippen LogP) is 4.37. The lowest BCUT2D eigenvalue weighted by Gasteiger charge is -2.21. The molecule has 0 saturated heterocycles. The molecule has 1 aromatic carbocycles. The van der Waals surface area contributed by atoms with Crippen LogP contribution in [0, 0.1) is 5.92 Å². The van der Waals surface area contributed by atoms with E-state index in [0.717, 1.165) is 24.6 Å². The molecule has 2 rings (SSSR count). The quantitative estimate of drug-likeness (QED) is 0.355. The number of aromatic nitrogens is 2. The average Bonchev–Trinajstić information content (AvgIpc) is 3.04. The van der Waals surface area contributed by atoms with E-state index >= 15 is 0 Å². The topological polar surface area (TPSA) is 54.2 Å². The molecule has 2 aromatic rings. The van der Waals surface area contributed by atoms with Crippen LogP contribution in [0.5, 0.6) is 0 Å². The summed E-state index contributed by atoms with van der Waals surface area (Å²) in [6.45, 7) is 5.85. The van der Waals surface area contributed by atoms with E-state index in [4.69, 9.17) is 23.2 Å². The maximum Gasteiger partial charge on any atom is 0.191 e. The molecule has 0 amide bonds. The lowest BCUT2D eigenvalue weighted by atomic mass is 10.1. The van der Waals surface area contributed by atoms with E-state index in [2.05, 4.69) is 27.6 Å². The Labute approximate surface area is 176 Å². The Morgan fingerprint density at radius 2 is 2.08 bits per heavy atom. The highest BCUT2D eigenvalue weighted by molar-refractivity contribution is 14.0. The van der Waals surface area contributed by atoms with Gasteiger partial charge < -0.3 is 10.6 Å². The van der Waals surface area contributed by atoms with Crippen molar-refractivity contribution in [3.63, 3.8) is 0 Å². The van der Waals surface area contributed by atoms with Gasteiger partial charge in [0.1, 0.15) is 0 Å². The summed E-state index contributed by atoms with van der Waals surface area (Å²) in [5, 5.41) is 12.2. The van der Waals surface area contributed by atoms with Crippen LogP contribution in [0.2, 0.25) is 10.0 Å². The summed E-state index contributed by atoms with van der Waals surface area (Å²) in [6.07, 6.45) is 3.76. The molecule has 2 atom stereocenters. The van der Waals surface area contributed by atoms with Gasteiger partial charge in [-0.3, -0.25) is 9.67 Å². The molecule has 5 nitrogen and oxygen atoms in total. The van der Waals surface area contributed by atoms with Gasteiger partial charge in [0.25, 0.3) is 0 Å². The van der Waals surface area contributed by atoms with Gasteiger partial charge >= 0.3 is 0 Å². The fraction of sp³-hybridized carbons (Fsp3) is 0.412. The molecule has 1 heterocycles. The first kappa shape index (κ1) is 22.1. The Morgan fingerprint density at radius 1 is 1.32 bits per heavy atom. The minimum Gasteiger partial charge on any atom is -0.356 e. The van der Waals surface area contributed by atoms with Crippen molar-refractivity contribution >= 4 is 53.1 Å². The first-order valence-electron chi connectivity index (χ1n) is 7.89. The second kappa shape index (κ2) is 10.9. The highest BCUT2D eigenvalue weighted by Crippen LogP contribution is 2.25. The molecule has 25 heavy (non-hydrogen) atoms. The third kappa shape index (κ3) is 7.03. The zero-order chi connectivity index (χ0) is 17.5. The van der Waals surface area contributed by atoms with E-state index in [1.165, 1.54) is 0 Å². The maximum absolute atomic E-state index is 6.26. The molecular formula is C17H24Cl2IN5. The van der Waals surface area contributed by atoms with Crippen LogP contribution in [0.3, 0.4) is 0 Å². The fourth-order valence-electron chi connectivity index (χ4n) is 2.39. The Morgan fingerprint density at radius 3 is 2.68 bits per heavy atom. The molecule has 2 N–H and O–H groups in total. The number of hydrogen-bond donors (Lipinski definition) is 2. The second-order valence-corrected chi connectivity index (χ2v) is 6.66. The second-order valence-electron chi connectivity index (χ2n) is 5.82. The predicted molar refractivity (Wildman–Crippen MR) is 116 cm³/mol. The van der Waals surface area contributed by atoms with Crippen LogP contribution >= 0.6 is 47.2 Å². The zero-order valence-electron chi connectivity index (χ0n) is 14.5. The van der Waals surface area contributed by atoms with Crippen molar-refractivity contribution in [3.8, 4) is 0 Å². The smallest absolute Gasteiger partial charge is 0.191 e. The normalized spacial score (nSPS) is 13.7. The van der Waals surface area contributed by atoms with Crippen LogP contribution in [0.15, 0.2) is 41.7 Å². The van der Waals surface area contributed by atoms with Gasteiger partial charge in [-0.2, -0.15) is 5.10 Å². The van der Waals surface area contributed by atoms with E-state index in [-0.39, 0.29) is 30.0 Å². The molecule has 0 aliphatic heterocycles. The lowest BCUT2D eigenvalue weighted by Crippen LogP contribution is -2.41. The summed E-state index contributed by atoms with van der Waals surface area (Å²) in [5.41, 5.74) is 0.980. The summed E-state index contributed by atoms with van der Waals surface area (Å²) in [6, 6.07) is 7.46. The van der Waals surface area contributed by atoms with Gasteiger partial charge in [0, 0.05) is 42.6 Å². The van der Waals surface area contributed by atoms with E-state index in [9.17, 15) is 0 Å². The highest BCUT2D eigenvalue weighted by Gasteiger charge is 2.12. The van der Waals surface area contributed by atoms with Gasteiger partial charge in [0.15, 0.2) is 5.96 Å². The van der Waals surface area contributed by atoms with Crippen LogP contribution in [0.4, 0.5) is 0 Å². The molecule has 0 aliphatic carbocycles. The average molecular weight is 496 g/mol. The number of hydrogen-bond acceptors (Lipinski definition) is 2. The highest BCUT2D eigenvalue weighted by atomic mass is 127. The van der Waals surface area contributed by atoms with Crippen molar-refractivity contribution < 1.29 is 0 Å². The van der Waals surface area contributed by atoms with Crippen molar-refractivity contribution in [1.82, 2.24) is 20.4 Å². The Kier molecular flexibility index (Phi) is 9.60. The van der Waals surface area contributed by atoms with E-state index in [0.29, 0.717) is 16.0 Å². The molecule has 1 aromatic heterocycles. The summed E-state index contributed by atoms with van der Waals surface area (Å²) < 4.78 is 1.93. The Bertz CT molecular complexity index is 676. The minimum atomic E-state index is 0. The van der Waals surface area contributed by atoms with E-state index < -0.39 is 0 Å². The van der Waals surface area contributed by atoms with Gasteiger partial charge in [-0.05, 0) is 36.6 Å². The fourth-order valence-corrected chi connectivity index (χ4v) is 2.97. The van der Waals surface area contributed by atoms with Crippen LogP contribution in [-0.4, -0.2) is 29.3 Å². The number of rotatable bonds is 6. The maximum atomic E-state index is 6.26. The molecule has 8 heteroatoms. The SMILES string of the molecule is CN=C(NCC(C)Cn1cccn1)NC(C)c1ccc(Cl)cc1Cl.I. The molecule has 0 radical (unpaired) electrons. The van der Waals surface area contributed by atoms with Crippen molar-refractivity contribution in [3.05, 3.63) is 52.3 Å². The number of aliphatic imine (C=N–C) groups is 1. The minimum absolute atomic E-state index is 0. The van der Waals surface area contributed by atoms with Crippen LogP contribution in [0.25, 0.3) is 0 Å². The molecule has 0 spiro atoms. The third-order valence-electron chi connectivity index (χ3n) is 3.68. The molecular weight excluding hydrogens is 472 g/mol. The standard InChI is InChI=1S/C17H23Cl2N5.HI/c1-12(11-24-8-4-7-22-24)10-21-17(20-3)23-13(2)15-6-5-14(18)9-16(15)19;/h4-9,12-13H,10-11H2,1-3H3,(H2,20,21,23);1H. The molecule has 0 fully saturated rings. The van der Waals surface area contributed by atoms with Crippen LogP contribution < -0.4 is 10.6 Å². The molecule has 0 aliphatic rings. The van der Waals surface area contributed by atoms with Gasteiger partial charge in [-0.1, -0.05) is 36.2 Å². The number of nitrogens with one attached hydrogen (secondary N) is 2. The van der Waals surface area contributed by atoms with Gasteiger partial charge in [-0.25, -0.2) is 0 Å². The van der Waals surface area contributed by atoms with E-state index in [1.54, 1.807) is 19.3 Å². The first-order valence-corrected chi connectivity index (χ1v) is 8.64. The Balaban J connectivity index is 0.00000312. The monoisotopic (exact) mass is 495 g/mol. The summed E-state index contributed by atoms with van der Waals surface area (Å²) in [5.74, 6) is 1.15. The largest absolute Gasteiger partial charge is 0.356 e.